The van der Waals surface area contributed by atoms with Gasteiger partial charge in [0.05, 0.1) is 5.56 Å². The normalized spacial score (nSPS) is 12.1. The zero-order valence-corrected chi connectivity index (χ0v) is 11.4. The van der Waals surface area contributed by atoms with Gasteiger partial charge in [-0.1, -0.05) is 36.2 Å². The summed E-state index contributed by atoms with van der Waals surface area (Å²) in [6.45, 7) is 4.42. The summed E-state index contributed by atoms with van der Waals surface area (Å²) in [6, 6.07) is 8.02. The van der Waals surface area contributed by atoms with Crippen molar-refractivity contribution in [2.45, 2.75) is 25.2 Å². The first-order chi connectivity index (χ1) is 7.17. The standard InChI is InChI=1S/C12H14BrNS/c1-3-9(2)8-15-12-6-11(13)5-4-10(12)7-14/h4-6,9H,3,8H2,1-2H3. The highest BCUT2D eigenvalue weighted by Crippen LogP contribution is 2.28. The van der Waals surface area contributed by atoms with E-state index < -0.39 is 0 Å². The summed E-state index contributed by atoms with van der Waals surface area (Å²) in [5.41, 5.74) is 0.770. The molecule has 0 radical (unpaired) electrons. The lowest BCUT2D eigenvalue weighted by Crippen LogP contribution is -1.95. The number of thioether (sulfide) groups is 1. The molecule has 3 heteroatoms. The van der Waals surface area contributed by atoms with Gasteiger partial charge < -0.3 is 0 Å². The minimum Gasteiger partial charge on any atom is -0.192 e. The Kier molecular flexibility index (Phi) is 5.21. The van der Waals surface area contributed by atoms with Gasteiger partial charge in [-0.25, -0.2) is 0 Å². The van der Waals surface area contributed by atoms with Crippen LogP contribution in [0.4, 0.5) is 0 Å². The first kappa shape index (κ1) is 12.6. The minimum atomic E-state index is 0.695. The topological polar surface area (TPSA) is 23.8 Å². The number of nitrogens with zero attached hydrogens (tertiary/aromatic N) is 1. The summed E-state index contributed by atoms with van der Waals surface area (Å²) in [7, 11) is 0. The van der Waals surface area contributed by atoms with Crippen LogP contribution in [0.25, 0.3) is 0 Å². The SMILES string of the molecule is CCC(C)CSc1cc(Br)ccc1C#N. The van der Waals surface area contributed by atoms with Crippen molar-refractivity contribution in [3.05, 3.63) is 28.2 Å². The number of nitriles is 1. The van der Waals surface area contributed by atoms with Gasteiger partial charge in [0.25, 0.3) is 0 Å². The van der Waals surface area contributed by atoms with Gasteiger partial charge in [-0.05, 0) is 24.1 Å². The maximum absolute atomic E-state index is 8.95. The highest BCUT2D eigenvalue weighted by atomic mass is 79.9. The van der Waals surface area contributed by atoms with Gasteiger partial charge in [0.1, 0.15) is 6.07 Å². The highest BCUT2D eigenvalue weighted by Gasteiger charge is 2.05. The molecular formula is C12H14BrNS. The quantitative estimate of drug-likeness (QED) is 0.762. The lowest BCUT2D eigenvalue weighted by molar-refractivity contribution is 0.637. The van der Waals surface area contributed by atoms with Crippen molar-refractivity contribution in [1.82, 2.24) is 0 Å². The van der Waals surface area contributed by atoms with E-state index in [0.29, 0.717) is 5.92 Å². The molecule has 0 aliphatic heterocycles. The molecule has 15 heavy (non-hydrogen) atoms. The molecule has 1 rings (SSSR count). The van der Waals surface area contributed by atoms with Gasteiger partial charge in [0.2, 0.25) is 0 Å². The fraction of sp³-hybridized carbons (Fsp3) is 0.417. The van der Waals surface area contributed by atoms with E-state index >= 15 is 0 Å². The van der Waals surface area contributed by atoms with Crippen molar-refractivity contribution in [3.63, 3.8) is 0 Å². The molecular weight excluding hydrogens is 270 g/mol. The fourth-order valence-corrected chi connectivity index (χ4v) is 2.75. The third kappa shape index (κ3) is 3.89. The number of hydrogen-bond acceptors (Lipinski definition) is 2. The minimum absolute atomic E-state index is 0.695. The maximum atomic E-state index is 8.95. The Bertz CT molecular complexity index is 370. The third-order valence-electron chi connectivity index (χ3n) is 2.28. The number of halogens is 1. The zero-order chi connectivity index (χ0) is 11.3. The van der Waals surface area contributed by atoms with Crippen LogP contribution < -0.4 is 0 Å². The molecule has 1 aromatic carbocycles. The smallest absolute Gasteiger partial charge is 0.100 e. The lowest BCUT2D eigenvalue weighted by atomic mass is 10.2. The van der Waals surface area contributed by atoms with E-state index in [9.17, 15) is 0 Å². The average Bonchev–Trinajstić information content (AvgIpc) is 2.26. The third-order valence-corrected chi connectivity index (χ3v) is 4.16. The predicted molar refractivity (Wildman–Crippen MR) is 69.0 cm³/mol. The second-order valence-corrected chi connectivity index (χ2v) is 5.55. The fourth-order valence-electron chi connectivity index (χ4n) is 1.06. The molecule has 0 saturated heterocycles. The van der Waals surface area contributed by atoms with Crippen LogP contribution in [0.5, 0.6) is 0 Å². The number of hydrogen-bond donors (Lipinski definition) is 0. The van der Waals surface area contributed by atoms with E-state index in [0.717, 1.165) is 20.7 Å². The van der Waals surface area contributed by atoms with Gasteiger partial charge >= 0.3 is 0 Å². The monoisotopic (exact) mass is 283 g/mol. The van der Waals surface area contributed by atoms with E-state index in [4.69, 9.17) is 5.26 Å². The second-order valence-electron chi connectivity index (χ2n) is 3.58. The van der Waals surface area contributed by atoms with Crippen LogP contribution in [0, 0.1) is 17.2 Å². The van der Waals surface area contributed by atoms with Crippen molar-refractivity contribution in [3.8, 4) is 6.07 Å². The molecule has 0 bridgehead atoms. The number of rotatable bonds is 4. The van der Waals surface area contributed by atoms with Gasteiger partial charge in [-0.3, -0.25) is 0 Å². The first-order valence-corrected chi connectivity index (χ1v) is 6.77. The summed E-state index contributed by atoms with van der Waals surface area (Å²) < 4.78 is 1.04. The molecule has 0 aromatic heterocycles. The average molecular weight is 284 g/mol. The van der Waals surface area contributed by atoms with Crippen molar-refractivity contribution in [2.24, 2.45) is 5.92 Å². The van der Waals surface area contributed by atoms with E-state index in [1.54, 1.807) is 11.8 Å². The molecule has 1 aromatic rings. The largest absolute Gasteiger partial charge is 0.192 e. The van der Waals surface area contributed by atoms with Crippen LogP contribution in [0.3, 0.4) is 0 Å². The summed E-state index contributed by atoms with van der Waals surface area (Å²) in [6.07, 6.45) is 1.18. The van der Waals surface area contributed by atoms with Crippen molar-refractivity contribution in [1.29, 1.82) is 5.26 Å². The molecule has 1 unspecified atom stereocenters. The van der Waals surface area contributed by atoms with Gasteiger partial charge in [-0.2, -0.15) is 5.26 Å². The predicted octanol–water partition coefficient (Wildman–Crippen LogP) is 4.46. The van der Waals surface area contributed by atoms with Crippen LogP contribution in [0.2, 0.25) is 0 Å². The molecule has 80 valence electrons. The van der Waals surface area contributed by atoms with Crippen LogP contribution in [-0.4, -0.2) is 5.75 Å². The summed E-state index contributed by atoms with van der Waals surface area (Å²) >= 11 is 5.19. The Morgan fingerprint density at radius 2 is 2.27 bits per heavy atom. The van der Waals surface area contributed by atoms with Crippen LogP contribution in [-0.2, 0) is 0 Å². The Morgan fingerprint density at radius 1 is 1.53 bits per heavy atom. The van der Waals surface area contributed by atoms with E-state index in [-0.39, 0.29) is 0 Å². The Balaban J connectivity index is 2.75. The summed E-state index contributed by atoms with van der Waals surface area (Å²) in [5.74, 6) is 1.77. The summed E-state index contributed by atoms with van der Waals surface area (Å²) in [5, 5.41) is 8.95. The molecule has 0 fully saturated rings. The first-order valence-electron chi connectivity index (χ1n) is 4.99. The van der Waals surface area contributed by atoms with Crippen LogP contribution in [0.15, 0.2) is 27.6 Å². The van der Waals surface area contributed by atoms with Gasteiger partial charge in [0, 0.05) is 15.1 Å². The summed E-state index contributed by atoms with van der Waals surface area (Å²) in [4.78, 5) is 1.08. The molecule has 0 N–H and O–H groups in total. The van der Waals surface area contributed by atoms with Gasteiger partial charge in [0.15, 0.2) is 0 Å². The molecule has 0 spiro atoms. The molecule has 0 amide bonds. The van der Waals surface area contributed by atoms with Gasteiger partial charge in [-0.15, -0.1) is 11.8 Å². The molecule has 1 atom stereocenters. The van der Waals surface area contributed by atoms with Crippen molar-refractivity contribution >= 4 is 27.7 Å². The molecule has 1 nitrogen and oxygen atoms in total. The Hall–Kier alpha value is -0.460. The molecule has 0 aliphatic rings. The zero-order valence-electron chi connectivity index (χ0n) is 8.96. The maximum Gasteiger partial charge on any atom is 0.100 e. The van der Waals surface area contributed by atoms with Crippen LogP contribution in [0.1, 0.15) is 25.8 Å². The molecule has 0 saturated carbocycles. The molecule has 0 heterocycles. The van der Waals surface area contributed by atoms with E-state index in [1.807, 2.05) is 18.2 Å². The Labute approximate surface area is 104 Å². The van der Waals surface area contributed by atoms with Crippen molar-refractivity contribution < 1.29 is 0 Å². The Morgan fingerprint density at radius 3 is 2.87 bits per heavy atom. The number of benzene rings is 1. The van der Waals surface area contributed by atoms with E-state index in [2.05, 4.69) is 35.8 Å². The highest BCUT2D eigenvalue weighted by molar-refractivity contribution is 9.10. The molecule has 0 aliphatic carbocycles. The van der Waals surface area contributed by atoms with Crippen LogP contribution >= 0.6 is 27.7 Å². The van der Waals surface area contributed by atoms with E-state index in [1.165, 1.54) is 6.42 Å². The lowest BCUT2D eigenvalue weighted by Gasteiger charge is -2.09. The second kappa shape index (κ2) is 6.19. The van der Waals surface area contributed by atoms with Crippen molar-refractivity contribution in [2.75, 3.05) is 5.75 Å².